The largest absolute Gasteiger partial charge is 0.457 e. The number of rotatable bonds is 8. The fourth-order valence-corrected chi connectivity index (χ4v) is 3.94. The number of hydrogen-bond acceptors (Lipinski definition) is 7. The number of hydrogen-bond donors (Lipinski definition) is 1. The third-order valence-electron chi connectivity index (χ3n) is 3.94. The summed E-state index contributed by atoms with van der Waals surface area (Å²) in [7, 11) is -4.87. The zero-order valence-corrected chi connectivity index (χ0v) is 17.6. The quantitative estimate of drug-likeness (QED) is 0.624. The number of carbonyl (C=O) groups excluding carboxylic acids is 1. The predicted octanol–water partition coefficient (Wildman–Crippen LogP) is 1.17. The second-order valence-electron chi connectivity index (χ2n) is 6.24. The van der Waals surface area contributed by atoms with Gasteiger partial charge in [-0.15, -0.1) is 0 Å². The first kappa shape index (κ1) is 22.1. The maximum absolute atomic E-state index is 12.2. The molecule has 0 aliphatic heterocycles. The van der Waals surface area contributed by atoms with Gasteiger partial charge in [-0.2, -0.15) is 4.72 Å². The molecule has 9 nitrogen and oxygen atoms in total. The molecule has 2 rings (SSSR count). The van der Waals surface area contributed by atoms with Gasteiger partial charge < -0.3 is 9.15 Å². The zero-order chi connectivity index (χ0) is 21.1. The van der Waals surface area contributed by atoms with Crippen LogP contribution < -0.4 is 4.72 Å². The summed E-state index contributed by atoms with van der Waals surface area (Å²) < 4.78 is 61.6. The van der Waals surface area contributed by atoms with Crippen molar-refractivity contribution in [3.8, 4) is 0 Å². The molecule has 1 aromatic carbocycles. The van der Waals surface area contributed by atoms with Gasteiger partial charge in [0.1, 0.15) is 18.9 Å². The Bertz CT molecular complexity index is 1070. The second kappa shape index (κ2) is 8.43. The summed E-state index contributed by atoms with van der Waals surface area (Å²) in [6.45, 7) is 2.75. The van der Waals surface area contributed by atoms with Gasteiger partial charge in [-0.1, -0.05) is 6.07 Å². The molecule has 28 heavy (non-hydrogen) atoms. The van der Waals surface area contributed by atoms with Crippen molar-refractivity contribution in [2.24, 2.45) is 0 Å². The molecule has 0 spiro atoms. The van der Waals surface area contributed by atoms with Crippen LogP contribution >= 0.6 is 0 Å². The van der Waals surface area contributed by atoms with Crippen molar-refractivity contribution in [2.45, 2.75) is 30.4 Å². The summed E-state index contributed by atoms with van der Waals surface area (Å²) in [4.78, 5) is 11.9. The SMILES string of the molecule is Cc1ccc(S(=O)(=O)NCC(=O)OCc2ccc(S(=O)(=O)N(C)C)o2)cc1C. The van der Waals surface area contributed by atoms with Crippen LogP contribution in [0.15, 0.2) is 44.7 Å². The molecule has 154 valence electrons. The van der Waals surface area contributed by atoms with E-state index in [4.69, 9.17) is 9.15 Å². The van der Waals surface area contributed by atoms with Crippen molar-refractivity contribution in [3.63, 3.8) is 0 Å². The van der Waals surface area contributed by atoms with Crippen LogP contribution in [-0.4, -0.2) is 47.8 Å². The number of aryl methyl sites for hydroxylation is 2. The molecule has 0 saturated heterocycles. The number of carbonyl (C=O) groups is 1. The number of esters is 1. The van der Waals surface area contributed by atoms with Crippen molar-refractivity contribution < 1.29 is 30.8 Å². The van der Waals surface area contributed by atoms with Crippen molar-refractivity contribution in [2.75, 3.05) is 20.6 Å². The monoisotopic (exact) mass is 430 g/mol. The molecule has 0 amide bonds. The Hall–Kier alpha value is -2.21. The van der Waals surface area contributed by atoms with Crippen LogP contribution in [0, 0.1) is 13.8 Å². The highest BCUT2D eigenvalue weighted by molar-refractivity contribution is 7.89. The Balaban J connectivity index is 1.93. The molecule has 0 atom stereocenters. The molecule has 1 heterocycles. The average Bonchev–Trinajstić information content (AvgIpc) is 3.10. The lowest BCUT2D eigenvalue weighted by Gasteiger charge is -2.09. The van der Waals surface area contributed by atoms with Crippen LogP contribution in [0.4, 0.5) is 0 Å². The second-order valence-corrected chi connectivity index (χ2v) is 10.1. The van der Waals surface area contributed by atoms with Crippen LogP contribution in [0.2, 0.25) is 0 Å². The van der Waals surface area contributed by atoms with Gasteiger partial charge in [0.2, 0.25) is 15.1 Å². The molecule has 0 unspecified atom stereocenters. The number of benzene rings is 1. The van der Waals surface area contributed by atoms with Gasteiger partial charge in [0.25, 0.3) is 10.0 Å². The Morgan fingerprint density at radius 1 is 1.07 bits per heavy atom. The minimum atomic E-state index is -3.86. The van der Waals surface area contributed by atoms with Gasteiger partial charge in [0.05, 0.1) is 4.90 Å². The maximum atomic E-state index is 12.2. The van der Waals surface area contributed by atoms with Crippen LogP contribution in [0.25, 0.3) is 0 Å². The summed E-state index contributed by atoms with van der Waals surface area (Å²) in [6, 6.07) is 7.26. The van der Waals surface area contributed by atoms with E-state index in [0.717, 1.165) is 15.4 Å². The smallest absolute Gasteiger partial charge is 0.321 e. The third kappa shape index (κ3) is 5.19. The topological polar surface area (TPSA) is 123 Å². The molecule has 1 aromatic heterocycles. The minimum Gasteiger partial charge on any atom is -0.457 e. The van der Waals surface area contributed by atoms with E-state index in [0.29, 0.717) is 0 Å². The van der Waals surface area contributed by atoms with Crippen LogP contribution in [0.3, 0.4) is 0 Å². The standard InChI is InChI=1S/C17H22N2O7S2/c1-12-5-7-15(9-13(12)2)27(21,22)18-10-16(20)25-11-14-6-8-17(26-14)28(23,24)19(3)4/h5-9,18H,10-11H2,1-4H3. The molecule has 0 fully saturated rings. The van der Waals surface area contributed by atoms with Crippen LogP contribution in [0.1, 0.15) is 16.9 Å². The molecule has 11 heteroatoms. The first-order chi connectivity index (χ1) is 12.9. The van der Waals surface area contributed by atoms with Gasteiger partial charge in [-0.3, -0.25) is 4.79 Å². The molecule has 0 aliphatic rings. The predicted molar refractivity (Wildman–Crippen MR) is 100 cm³/mol. The van der Waals surface area contributed by atoms with Gasteiger partial charge in [-0.05, 0) is 49.2 Å². The highest BCUT2D eigenvalue weighted by atomic mass is 32.2. The fraction of sp³-hybridized carbons (Fsp3) is 0.353. The number of furan rings is 1. The van der Waals surface area contributed by atoms with Crippen molar-refractivity contribution in [3.05, 3.63) is 47.2 Å². The summed E-state index contributed by atoms with van der Waals surface area (Å²) in [5.74, 6) is -0.716. The number of sulfonamides is 2. The maximum Gasteiger partial charge on any atom is 0.321 e. The first-order valence-corrected chi connectivity index (χ1v) is 11.1. The van der Waals surface area contributed by atoms with E-state index in [1.54, 1.807) is 13.0 Å². The number of nitrogens with one attached hydrogen (secondary N) is 1. The number of ether oxygens (including phenoxy) is 1. The normalized spacial score (nSPS) is 12.3. The zero-order valence-electron chi connectivity index (χ0n) is 15.9. The lowest BCUT2D eigenvalue weighted by molar-refractivity contribution is -0.144. The van der Waals surface area contributed by atoms with E-state index in [1.165, 1.54) is 38.4 Å². The average molecular weight is 431 g/mol. The van der Waals surface area contributed by atoms with Gasteiger partial charge in [0.15, 0.2) is 0 Å². The third-order valence-corrected chi connectivity index (χ3v) is 7.03. The van der Waals surface area contributed by atoms with Gasteiger partial charge in [-0.25, -0.2) is 21.1 Å². The van der Waals surface area contributed by atoms with E-state index < -0.39 is 32.6 Å². The molecule has 1 N–H and O–H groups in total. The van der Waals surface area contributed by atoms with E-state index in [-0.39, 0.29) is 22.4 Å². The molecule has 0 aliphatic carbocycles. The molecule has 0 bridgehead atoms. The molecule has 2 aromatic rings. The van der Waals surface area contributed by atoms with Crippen molar-refractivity contribution >= 4 is 26.0 Å². The summed E-state index contributed by atoms with van der Waals surface area (Å²) >= 11 is 0. The highest BCUT2D eigenvalue weighted by Gasteiger charge is 2.22. The van der Waals surface area contributed by atoms with Crippen molar-refractivity contribution in [1.82, 2.24) is 9.03 Å². The van der Waals surface area contributed by atoms with Crippen LogP contribution in [0.5, 0.6) is 0 Å². The van der Waals surface area contributed by atoms with E-state index in [2.05, 4.69) is 4.72 Å². The first-order valence-electron chi connectivity index (χ1n) is 8.17. The van der Waals surface area contributed by atoms with Crippen LogP contribution in [-0.2, 0) is 36.2 Å². The Morgan fingerprint density at radius 3 is 2.36 bits per heavy atom. The molecular weight excluding hydrogens is 408 g/mol. The van der Waals surface area contributed by atoms with E-state index >= 15 is 0 Å². The minimum absolute atomic E-state index is 0.0490. The van der Waals surface area contributed by atoms with Crippen molar-refractivity contribution in [1.29, 1.82) is 0 Å². The molecule has 0 radical (unpaired) electrons. The Kier molecular flexibility index (Phi) is 6.65. The van der Waals surface area contributed by atoms with Gasteiger partial charge >= 0.3 is 5.97 Å². The summed E-state index contributed by atoms with van der Waals surface area (Å²) in [6.07, 6.45) is 0. The Labute approximate surface area is 164 Å². The van der Waals surface area contributed by atoms with Gasteiger partial charge in [0, 0.05) is 14.1 Å². The lowest BCUT2D eigenvalue weighted by Crippen LogP contribution is -2.30. The molecule has 0 saturated carbocycles. The Morgan fingerprint density at radius 2 is 1.75 bits per heavy atom. The summed E-state index contributed by atoms with van der Waals surface area (Å²) in [5.41, 5.74) is 1.76. The lowest BCUT2D eigenvalue weighted by atomic mass is 10.1. The molecular formula is C17H22N2O7S2. The summed E-state index contributed by atoms with van der Waals surface area (Å²) in [5, 5.41) is -0.279. The fourth-order valence-electron chi connectivity index (χ4n) is 2.08. The highest BCUT2D eigenvalue weighted by Crippen LogP contribution is 2.17. The van der Waals surface area contributed by atoms with E-state index in [9.17, 15) is 21.6 Å². The van der Waals surface area contributed by atoms with E-state index in [1.807, 2.05) is 6.92 Å². The number of nitrogens with zero attached hydrogens (tertiary/aromatic N) is 1.